The summed E-state index contributed by atoms with van der Waals surface area (Å²) in [6.45, 7) is 0. The summed E-state index contributed by atoms with van der Waals surface area (Å²) >= 11 is 0. The third-order valence-corrected chi connectivity index (χ3v) is 2.65. The number of nitrogens with zero attached hydrogens (tertiary/aromatic N) is 2. The lowest BCUT2D eigenvalue weighted by molar-refractivity contribution is 0.528. The minimum atomic E-state index is -0.347. The first-order valence-corrected chi connectivity index (χ1v) is 4.72. The van der Waals surface area contributed by atoms with Gasteiger partial charge < -0.3 is 4.42 Å². The van der Waals surface area contributed by atoms with Crippen molar-refractivity contribution < 1.29 is 4.42 Å². The minimum Gasteiger partial charge on any atom is -0.406 e. The number of aryl methyl sites for hydroxylation is 1. The van der Waals surface area contributed by atoms with Crippen molar-refractivity contribution in [3.63, 3.8) is 0 Å². The molecule has 0 unspecified atom stereocenters. The SMILES string of the molecule is Cn1c(=O)oc2ccc(C3CC3)nc21. The second-order valence-electron chi connectivity index (χ2n) is 3.76. The molecular weight excluding hydrogens is 180 g/mol. The van der Waals surface area contributed by atoms with Crippen molar-refractivity contribution in [3.05, 3.63) is 28.4 Å². The summed E-state index contributed by atoms with van der Waals surface area (Å²) in [7, 11) is 1.68. The van der Waals surface area contributed by atoms with Crippen molar-refractivity contribution in [1.82, 2.24) is 9.55 Å². The number of aromatic nitrogens is 2. The van der Waals surface area contributed by atoms with E-state index in [0.29, 0.717) is 17.1 Å². The summed E-state index contributed by atoms with van der Waals surface area (Å²) in [4.78, 5) is 15.6. The molecule has 0 saturated heterocycles. The highest BCUT2D eigenvalue weighted by molar-refractivity contribution is 5.68. The van der Waals surface area contributed by atoms with Gasteiger partial charge in [-0.05, 0) is 25.0 Å². The van der Waals surface area contributed by atoms with Crippen molar-refractivity contribution >= 4 is 11.2 Å². The number of oxazole rings is 1. The first-order chi connectivity index (χ1) is 6.75. The van der Waals surface area contributed by atoms with Crippen LogP contribution in [0.15, 0.2) is 21.3 Å². The van der Waals surface area contributed by atoms with E-state index in [2.05, 4.69) is 4.98 Å². The average Bonchev–Trinajstić information content (AvgIpc) is 2.97. The quantitative estimate of drug-likeness (QED) is 0.683. The Morgan fingerprint density at radius 2 is 2.29 bits per heavy atom. The second-order valence-corrected chi connectivity index (χ2v) is 3.76. The van der Waals surface area contributed by atoms with Crippen molar-refractivity contribution in [1.29, 1.82) is 0 Å². The van der Waals surface area contributed by atoms with Gasteiger partial charge in [0, 0.05) is 18.7 Å². The van der Waals surface area contributed by atoms with Crippen LogP contribution >= 0.6 is 0 Å². The van der Waals surface area contributed by atoms with E-state index in [4.69, 9.17) is 4.42 Å². The molecule has 1 aliphatic carbocycles. The first kappa shape index (κ1) is 7.79. The van der Waals surface area contributed by atoms with Crippen molar-refractivity contribution in [3.8, 4) is 0 Å². The van der Waals surface area contributed by atoms with Crippen LogP contribution in [0, 0.1) is 0 Å². The third kappa shape index (κ3) is 0.999. The largest absolute Gasteiger partial charge is 0.420 e. The van der Waals surface area contributed by atoms with E-state index in [0.717, 1.165) is 5.69 Å². The Hall–Kier alpha value is -1.58. The predicted octanol–water partition coefficient (Wildman–Crippen LogP) is 1.40. The highest BCUT2D eigenvalue weighted by atomic mass is 16.4. The zero-order valence-electron chi connectivity index (χ0n) is 7.86. The van der Waals surface area contributed by atoms with E-state index in [-0.39, 0.29) is 5.76 Å². The van der Waals surface area contributed by atoms with Crippen LogP contribution in [0.1, 0.15) is 24.5 Å². The Labute approximate surface area is 80.2 Å². The molecule has 4 heteroatoms. The van der Waals surface area contributed by atoms with Gasteiger partial charge in [0.25, 0.3) is 0 Å². The van der Waals surface area contributed by atoms with E-state index >= 15 is 0 Å². The Kier molecular flexibility index (Phi) is 1.37. The molecule has 0 aromatic carbocycles. The van der Waals surface area contributed by atoms with Crippen LogP contribution in [0.25, 0.3) is 11.2 Å². The molecule has 0 aliphatic heterocycles. The van der Waals surface area contributed by atoms with Gasteiger partial charge >= 0.3 is 5.76 Å². The van der Waals surface area contributed by atoms with E-state index < -0.39 is 0 Å². The lowest BCUT2D eigenvalue weighted by Gasteiger charge is -1.96. The smallest absolute Gasteiger partial charge is 0.406 e. The van der Waals surface area contributed by atoms with Crippen molar-refractivity contribution in [2.45, 2.75) is 18.8 Å². The number of hydrogen-bond acceptors (Lipinski definition) is 3. The molecule has 0 spiro atoms. The summed E-state index contributed by atoms with van der Waals surface area (Å²) < 4.78 is 6.44. The normalized spacial score (nSPS) is 16.4. The van der Waals surface area contributed by atoms with Gasteiger partial charge in [0.2, 0.25) is 0 Å². The summed E-state index contributed by atoms with van der Waals surface area (Å²) in [5.74, 6) is 0.254. The fraction of sp³-hybridized carbons (Fsp3) is 0.400. The van der Waals surface area contributed by atoms with Gasteiger partial charge in [0.15, 0.2) is 11.2 Å². The topological polar surface area (TPSA) is 48.0 Å². The Bertz CT molecular complexity index is 549. The maximum Gasteiger partial charge on any atom is 0.420 e. The summed E-state index contributed by atoms with van der Waals surface area (Å²) in [6, 6.07) is 3.78. The Morgan fingerprint density at radius 3 is 3.00 bits per heavy atom. The predicted molar refractivity (Wildman–Crippen MR) is 51.2 cm³/mol. The van der Waals surface area contributed by atoms with Crippen molar-refractivity contribution in [2.75, 3.05) is 0 Å². The van der Waals surface area contributed by atoms with Crippen LogP contribution in [0.4, 0.5) is 0 Å². The highest BCUT2D eigenvalue weighted by Crippen LogP contribution is 2.39. The van der Waals surface area contributed by atoms with Gasteiger partial charge in [-0.15, -0.1) is 0 Å². The van der Waals surface area contributed by atoms with Gasteiger partial charge in [-0.3, -0.25) is 4.57 Å². The molecule has 0 amide bonds. The molecule has 4 nitrogen and oxygen atoms in total. The monoisotopic (exact) mass is 190 g/mol. The third-order valence-electron chi connectivity index (χ3n) is 2.65. The van der Waals surface area contributed by atoms with Crippen LogP contribution in [-0.2, 0) is 7.05 Å². The van der Waals surface area contributed by atoms with Crippen LogP contribution < -0.4 is 5.76 Å². The molecule has 2 aromatic heterocycles. The highest BCUT2D eigenvalue weighted by Gasteiger charge is 2.25. The maximum atomic E-state index is 11.2. The van der Waals surface area contributed by atoms with E-state index in [1.165, 1.54) is 17.4 Å². The fourth-order valence-corrected chi connectivity index (χ4v) is 1.63. The number of fused-ring (bicyclic) bond motifs is 1. The van der Waals surface area contributed by atoms with Gasteiger partial charge in [0.1, 0.15) is 0 Å². The summed E-state index contributed by atoms with van der Waals surface area (Å²) in [5.41, 5.74) is 2.30. The molecular formula is C10H10N2O2. The first-order valence-electron chi connectivity index (χ1n) is 4.72. The number of hydrogen-bond donors (Lipinski definition) is 0. The van der Waals surface area contributed by atoms with Gasteiger partial charge in [-0.1, -0.05) is 0 Å². The summed E-state index contributed by atoms with van der Waals surface area (Å²) in [6.07, 6.45) is 2.43. The van der Waals surface area contributed by atoms with E-state index in [1.54, 1.807) is 7.05 Å². The molecule has 1 aliphatic rings. The van der Waals surface area contributed by atoms with E-state index in [1.807, 2.05) is 12.1 Å². The maximum absolute atomic E-state index is 11.2. The molecule has 1 saturated carbocycles. The number of pyridine rings is 1. The zero-order valence-corrected chi connectivity index (χ0v) is 7.86. The van der Waals surface area contributed by atoms with Gasteiger partial charge in [-0.25, -0.2) is 9.78 Å². The molecule has 0 atom stereocenters. The zero-order chi connectivity index (χ0) is 9.71. The Morgan fingerprint density at radius 1 is 1.50 bits per heavy atom. The van der Waals surface area contributed by atoms with Crippen LogP contribution in [0.2, 0.25) is 0 Å². The van der Waals surface area contributed by atoms with E-state index in [9.17, 15) is 4.79 Å². The van der Waals surface area contributed by atoms with Gasteiger partial charge in [0.05, 0.1) is 0 Å². The Balaban J connectivity index is 2.30. The molecule has 14 heavy (non-hydrogen) atoms. The number of rotatable bonds is 1. The fourth-order valence-electron chi connectivity index (χ4n) is 1.63. The lowest BCUT2D eigenvalue weighted by atomic mass is 10.2. The standard InChI is InChI=1S/C10H10N2O2/c1-12-9-8(14-10(12)13)5-4-7(11-9)6-2-3-6/h4-6H,2-3H2,1H3. The minimum absolute atomic E-state index is 0.347. The molecule has 2 heterocycles. The van der Waals surface area contributed by atoms with Crippen LogP contribution in [-0.4, -0.2) is 9.55 Å². The molecule has 3 rings (SSSR count). The van der Waals surface area contributed by atoms with Crippen molar-refractivity contribution in [2.24, 2.45) is 7.05 Å². The molecule has 0 N–H and O–H groups in total. The van der Waals surface area contributed by atoms with Gasteiger partial charge in [-0.2, -0.15) is 0 Å². The molecule has 0 bridgehead atoms. The molecule has 1 fully saturated rings. The average molecular weight is 190 g/mol. The molecule has 0 radical (unpaired) electrons. The van der Waals surface area contributed by atoms with Crippen LogP contribution in [0.3, 0.4) is 0 Å². The summed E-state index contributed by atoms with van der Waals surface area (Å²) in [5, 5.41) is 0. The lowest BCUT2D eigenvalue weighted by Crippen LogP contribution is -2.09. The molecule has 72 valence electrons. The second kappa shape index (κ2) is 2.47. The molecule has 2 aromatic rings. The van der Waals surface area contributed by atoms with Crippen LogP contribution in [0.5, 0.6) is 0 Å².